The van der Waals surface area contributed by atoms with Crippen LogP contribution in [-0.4, -0.2) is 19.7 Å². The van der Waals surface area contributed by atoms with Crippen LogP contribution < -0.4 is 5.73 Å². The molecule has 0 radical (unpaired) electrons. The van der Waals surface area contributed by atoms with Gasteiger partial charge in [-0.15, -0.1) is 0 Å². The molecule has 2 rings (SSSR count). The maximum Gasteiger partial charge on any atom is 0.165 e. The van der Waals surface area contributed by atoms with E-state index in [4.69, 9.17) is 5.73 Å². The number of aromatic nitrogens is 4. The lowest BCUT2D eigenvalue weighted by molar-refractivity contribution is 0.532. The van der Waals surface area contributed by atoms with E-state index in [1.807, 2.05) is 10.9 Å². The third kappa shape index (κ3) is 2.88. The molecule has 0 aromatic carbocycles. The van der Waals surface area contributed by atoms with Crippen molar-refractivity contribution < 1.29 is 0 Å². The van der Waals surface area contributed by atoms with Gasteiger partial charge in [0.15, 0.2) is 5.82 Å². The zero-order valence-corrected chi connectivity index (χ0v) is 13.7. The Morgan fingerprint density at radius 2 is 1.89 bits per heavy atom. The number of halogens is 1. The molecule has 0 aliphatic rings. The van der Waals surface area contributed by atoms with Gasteiger partial charge in [-0.3, -0.25) is 4.68 Å². The first-order valence-corrected chi connectivity index (χ1v) is 7.35. The minimum absolute atomic E-state index is 0.316. The molecule has 6 heteroatoms. The molecule has 2 aromatic heterocycles. The predicted octanol–water partition coefficient (Wildman–Crippen LogP) is 3.23. The molecule has 2 aromatic rings. The number of hydrogen-bond donors (Lipinski definition) is 1. The summed E-state index contributed by atoms with van der Waals surface area (Å²) in [6.07, 6.45) is 3.74. The Kier molecular flexibility index (Phi) is 4.07. The van der Waals surface area contributed by atoms with Crippen molar-refractivity contribution in [3.63, 3.8) is 0 Å². The normalized spacial score (nSPS) is 11.5. The molecule has 2 N–H and O–H groups in total. The molecule has 0 amide bonds. The van der Waals surface area contributed by atoms with Gasteiger partial charge in [0.05, 0.1) is 21.0 Å². The lowest BCUT2D eigenvalue weighted by Crippen LogP contribution is -2.06. The van der Waals surface area contributed by atoms with E-state index >= 15 is 0 Å². The highest BCUT2D eigenvalue weighted by atomic mass is 127. The van der Waals surface area contributed by atoms with E-state index in [1.165, 1.54) is 0 Å². The Hall–Kier alpha value is -1.18. The zero-order valence-electron chi connectivity index (χ0n) is 11.6. The maximum absolute atomic E-state index is 5.98. The number of nitrogens with two attached hydrogens (primary N) is 1. The second-order valence-corrected chi connectivity index (χ2v) is 6.17. The Balaban J connectivity index is 2.50. The van der Waals surface area contributed by atoms with Crippen LogP contribution in [0.4, 0.5) is 5.82 Å². The molecule has 0 saturated heterocycles. The van der Waals surface area contributed by atoms with Crippen LogP contribution in [0.1, 0.15) is 45.3 Å². The monoisotopic (exact) mass is 371 g/mol. The van der Waals surface area contributed by atoms with Crippen molar-refractivity contribution in [3.8, 4) is 11.4 Å². The highest BCUT2D eigenvalue weighted by Crippen LogP contribution is 2.26. The highest BCUT2D eigenvalue weighted by molar-refractivity contribution is 14.1. The van der Waals surface area contributed by atoms with E-state index in [-0.39, 0.29) is 0 Å². The fourth-order valence-corrected chi connectivity index (χ4v) is 2.59. The second-order valence-electron chi connectivity index (χ2n) is 5.09. The molecule has 0 unspecified atom stereocenters. The van der Waals surface area contributed by atoms with E-state index in [0.717, 1.165) is 14.8 Å². The van der Waals surface area contributed by atoms with Gasteiger partial charge in [-0.05, 0) is 42.4 Å². The van der Waals surface area contributed by atoms with Crippen molar-refractivity contribution in [2.24, 2.45) is 0 Å². The molecular weight excluding hydrogens is 353 g/mol. The van der Waals surface area contributed by atoms with Crippen molar-refractivity contribution in [2.75, 3.05) is 5.73 Å². The van der Waals surface area contributed by atoms with Crippen LogP contribution in [0, 0.1) is 3.57 Å². The zero-order chi connectivity index (χ0) is 14.2. The average molecular weight is 371 g/mol. The number of nitrogens with zero attached hydrogens (tertiary/aromatic N) is 4. The molecule has 0 spiro atoms. The van der Waals surface area contributed by atoms with Gasteiger partial charge in [-0.25, -0.2) is 9.97 Å². The summed E-state index contributed by atoms with van der Waals surface area (Å²) in [6.45, 7) is 8.37. The van der Waals surface area contributed by atoms with Gasteiger partial charge in [-0.1, -0.05) is 13.8 Å². The number of rotatable bonds is 3. The van der Waals surface area contributed by atoms with Crippen LogP contribution in [-0.2, 0) is 0 Å². The first-order valence-electron chi connectivity index (χ1n) is 6.27. The van der Waals surface area contributed by atoms with E-state index in [0.29, 0.717) is 23.6 Å². The molecule has 19 heavy (non-hydrogen) atoms. The summed E-state index contributed by atoms with van der Waals surface area (Å²) >= 11 is 2.20. The van der Waals surface area contributed by atoms with Crippen molar-refractivity contribution in [1.82, 2.24) is 19.7 Å². The maximum atomic E-state index is 5.98. The first kappa shape index (κ1) is 14.2. The fraction of sp³-hybridized carbons (Fsp3) is 0.462. The Bertz CT molecular complexity index is 589. The van der Waals surface area contributed by atoms with Gasteiger partial charge < -0.3 is 5.73 Å². The molecule has 5 nitrogen and oxygen atoms in total. The van der Waals surface area contributed by atoms with Gasteiger partial charge >= 0.3 is 0 Å². The summed E-state index contributed by atoms with van der Waals surface area (Å²) in [7, 11) is 0. The minimum atomic E-state index is 0.316. The Morgan fingerprint density at radius 3 is 2.42 bits per heavy atom. The topological polar surface area (TPSA) is 69.6 Å². The third-order valence-corrected chi connectivity index (χ3v) is 3.94. The van der Waals surface area contributed by atoms with Crippen molar-refractivity contribution >= 4 is 28.4 Å². The minimum Gasteiger partial charge on any atom is -0.383 e. The summed E-state index contributed by atoms with van der Waals surface area (Å²) in [4.78, 5) is 8.99. The SMILES string of the molecule is CC(C)c1nc(-c2cnn(C(C)C)c2)nc(N)c1I. The highest BCUT2D eigenvalue weighted by Gasteiger charge is 2.15. The van der Waals surface area contributed by atoms with Gasteiger partial charge in [0.25, 0.3) is 0 Å². The number of nitrogen functional groups attached to an aromatic ring is 1. The quantitative estimate of drug-likeness (QED) is 0.842. The Morgan fingerprint density at radius 1 is 1.21 bits per heavy atom. The third-order valence-electron chi connectivity index (χ3n) is 2.84. The lowest BCUT2D eigenvalue weighted by Gasteiger charge is -2.10. The largest absolute Gasteiger partial charge is 0.383 e. The van der Waals surface area contributed by atoms with Crippen molar-refractivity contribution in [2.45, 2.75) is 39.7 Å². The van der Waals surface area contributed by atoms with Crippen LogP contribution in [0.5, 0.6) is 0 Å². The Labute approximate surface area is 126 Å². The van der Waals surface area contributed by atoms with E-state index in [9.17, 15) is 0 Å². The molecule has 0 fully saturated rings. The van der Waals surface area contributed by atoms with E-state index in [2.05, 4.69) is 65.4 Å². The standard InChI is InChI=1S/C13H18IN5/c1-7(2)11-10(14)12(15)18-13(17-11)9-5-16-19(6-9)8(3)4/h5-8H,1-4H3,(H2,15,17,18). The molecule has 102 valence electrons. The van der Waals surface area contributed by atoms with Gasteiger partial charge in [-0.2, -0.15) is 5.10 Å². The molecule has 0 aliphatic carbocycles. The summed E-state index contributed by atoms with van der Waals surface area (Å²) in [6, 6.07) is 0.319. The number of anilines is 1. The second kappa shape index (κ2) is 5.44. The van der Waals surface area contributed by atoms with Crippen LogP contribution >= 0.6 is 22.6 Å². The first-order chi connectivity index (χ1) is 8.90. The molecule has 0 bridgehead atoms. The van der Waals surface area contributed by atoms with Gasteiger partial charge in [0.1, 0.15) is 5.82 Å². The molecule has 0 aliphatic heterocycles. The molecule has 0 atom stereocenters. The molecule has 2 heterocycles. The van der Waals surface area contributed by atoms with Crippen LogP contribution in [0.2, 0.25) is 0 Å². The average Bonchev–Trinajstić information content (AvgIpc) is 2.81. The number of hydrogen-bond acceptors (Lipinski definition) is 4. The summed E-state index contributed by atoms with van der Waals surface area (Å²) in [5.41, 5.74) is 7.87. The van der Waals surface area contributed by atoms with Crippen LogP contribution in [0.25, 0.3) is 11.4 Å². The predicted molar refractivity (Wildman–Crippen MR) is 84.9 cm³/mol. The molecular formula is C13H18IN5. The lowest BCUT2D eigenvalue weighted by atomic mass is 10.1. The van der Waals surface area contributed by atoms with Crippen molar-refractivity contribution in [1.29, 1.82) is 0 Å². The van der Waals surface area contributed by atoms with E-state index in [1.54, 1.807) is 6.20 Å². The fourth-order valence-electron chi connectivity index (χ4n) is 1.73. The van der Waals surface area contributed by atoms with E-state index < -0.39 is 0 Å². The van der Waals surface area contributed by atoms with Crippen LogP contribution in [0.3, 0.4) is 0 Å². The van der Waals surface area contributed by atoms with Crippen LogP contribution in [0.15, 0.2) is 12.4 Å². The summed E-state index contributed by atoms with van der Waals surface area (Å²) in [5, 5.41) is 4.31. The van der Waals surface area contributed by atoms with Gasteiger partial charge in [0.2, 0.25) is 0 Å². The summed E-state index contributed by atoms with van der Waals surface area (Å²) in [5.74, 6) is 1.50. The summed E-state index contributed by atoms with van der Waals surface area (Å²) < 4.78 is 2.83. The molecule has 0 saturated carbocycles. The van der Waals surface area contributed by atoms with Gasteiger partial charge in [0, 0.05) is 12.2 Å². The van der Waals surface area contributed by atoms with Crippen molar-refractivity contribution in [3.05, 3.63) is 21.7 Å². The smallest absolute Gasteiger partial charge is 0.165 e.